The molecule has 0 radical (unpaired) electrons. The van der Waals surface area contributed by atoms with Gasteiger partial charge in [-0.25, -0.2) is 14.6 Å². The molecule has 0 aromatic carbocycles. The highest BCUT2D eigenvalue weighted by Crippen LogP contribution is 2.28. The summed E-state index contributed by atoms with van der Waals surface area (Å²) in [6.07, 6.45) is 3.16. The van der Waals surface area contributed by atoms with Crippen LogP contribution in [0.2, 0.25) is 0 Å². The molecule has 0 saturated carbocycles. The van der Waals surface area contributed by atoms with Gasteiger partial charge in [-0.3, -0.25) is 9.36 Å². The molecule has 1 aromatic heterocycles. The summed E-state index contributed by atoms with van der Waals surface area (Å²) in [6, 6.07) is 1.53. The standard InChI is InChI=1S/C11H13N3O4S/c15-8(6-14-4-1-3-12-10(14)18)13-11(9(16)17)2-5-19-7-11/h1,3-4H,2,5-7H2,(H,13,15)(H,16,17). The van der Waals surface area contributed by atoms with E-state index in [2.05, 4.69) is 10.3 Å². The molecule has 1 aliphatic rings. The van der Waals surface area contributed by atoms with Gasteiger partial charge in [-0.2, -0.15) is 11.8 Å². The molecule has 1 saturated heterocycles. The van der Waals surface area contributed by atoms with Gasteiger partial charge in [-0.1, -0.05) is 0 Å². The molecule has 1 atom stereocenters. The van der Waals surface area contributed by atoms with Crippen LogP contribution in [-0.4, -0.2) is 43.6 Å². The number of aromatic nitrogens is 2. The molecule has 8 heteroatoms. The van der Waals surface area contributed by atoms with Gasteiger partial charge in [0.2, 0.25) is 5.91 Å². The van der Waals surface area contributed by atoms with E-state index in [-0.39, 0.29) is 6.54 Å². The van der Waals surface area contributed by atoms with Gasteiger partial charge < -0.3 is 10.4 Å². The lowest BCUT2D eigenvalue weighted by Crippen LogP contribution is -2.55. The first-order valence-corrected chi connectivity index (χ1v) is 6.83. The van der Waals surface area contributed by atoms with Crippen LogP contribution >= 0.6 is 11.8 Å². The van der Waals surface area contributed by atoms with Gasteiger partial charge in [-0.05, 0) is 18.2 Å². The van der Waals surface area contributed by atoms with Gasteiger partial charge in [0.1, 0.15) is 12.1 Å². The predicted octanol–water partition coefficient (Wildman–Crippen LogP) is -0.680. The van der Waals surface area contributed by atoms with Crippen molar-refractivity contribution in [3.05, 3.63) is 28.9 Å². The molecular formula is C11H13N3O4S. The molecule has 2 heterocycles. The fraction of sp³-hybridized carbons (Fsp3) is 0.455. The molecule has 2 N–H and O–H groups in total. The lowest BCUT2D eigenvalue weighted by atomic mass is 9.99. The summed E-state index contributed by atoms with van der Waals surface area (Å²) in [5.41, 5.74) is -1.75. The number of thioether (sulfide) groups is 1. The Hall–Kier alpha value is -1.83. The predicted molar refractivity (Wildman–Crippen MR) is 68.9 cm³/mol. The maximum atomic E-state index is 11.9. The SMILES string of the molecule is O=C(Cn1cccnc1=O)NC1(C(=O)O)CCSC1. The fourth-order valence-corrected chi connectivity index (χ4v) is 3.18. The molecule has 19 heavy (non-hydrogen) atoms. The van der Waals surface area contributed by atoms with Crippen molar-refractivity contribution in [2.75, 3.05) is 11.5 Å². The minimum absolute atomic E-state index is 0.230. The average molecular weight is 283 g/mol. The van der Waals surface area contributed by atoms with Crippen molar-refractivity contribution in [1.29, 1.82) is 0 Å². The van der Waals surface area contributed by atoms with Gasteiger partial charge in [0.05, 0.1) is 0 Å². The molecule has 7 nitrogen and oxygen atoms in total. The minimum atomic E-state index is -1.21. The van der Waals surface area contributed by atoms with Gasteiger partial charge in [0, 0.05) is 18.1 Å². The van der Waals surface area contributed by atoms with E-state index in [0.29, 0.717) is 17.9 Å². The van der Waals surface area contributed by atoms with E-state index in [1.807, 2.05) is 0 Å². The molecule has 1 aromatic rings. The number of hydrogen-bond donors (Lipinski definition) is 2. The Morgan fingerprint density at radius 3 is 2.95 bits per heavy atom. The Labute approximate surface area is 113 Å². The highest BCUT2D eigenvalue weighted by atomic mass is 32.2. The Morgan fingerprint density at radius 1 is 1.58 bits per heavy atom. The number of nitrogens with one attached hydrogen (secondary N) is 1. The van der Waals surface area contributed by atoms with Crippen LogP contribution in [0.3, 0.4) is 0 Å². The zero-order valence-electron chi connectivity index (χ0n) is 10.0. The maximum Gasteiger partial charge on any atom is 0.347 e. The molecule has 2 rings (SSSR count). The smallest absolute Gasteiger partial charge is 0.347 e. The number of aliphatic carboxylic acids is 1. The molecule has 0 aliphatic carbocycles. The Kier molecular flexibility index (Phi) is 3.89. The van der Waals surface area contributed by atoms with E-state index in [4.69, 9.17) is 0 Å². The van der Waals surface area contributed by atoms with Gasteiger partial charge in [0.25, 0.3) is 0 Å². The number of rotatable bonds is 4. The second-order valence-corrected chi connectivity index (χ2v) is 5.37. The minimum Gasteiger partial charge on any atom is -0.479 e. The maximum absolute atomic E-state index is 11.9. The summed E-state index contributed by atoms with van der Waals surface area (Å²) in [4.78, 5) is 38.0. The first-order valence-electron chi connectivity index (χ1n) is 5.67. The summed E-state index contributed by atoms with van der Waals surface area (Å²) < 4.78 is 1.13. The van der Waals surface area contributed by atoms with Gasteiger partial charge in [-0.15, -0.1) is 0 Å². The van der Waals surface area contributed by atoms with E-state index in [1.165, 1.54) is 30.2 Å². The van der Waals surface area contributed by atoms with Gasteiger partial charge >= 0.3 is 11.7 Å². The summed E-state index contributed by atoms with van der Waals surface area (Å²) in [7, 11) is 0. The Morgan fingerprint density at radius 2 is 2.37 bits per heavy atom. The largest absolute Gasteiger partial charge is 0.479 e. The Bertz CT molecular complexity index is 551. The van der Waals surface area contributed by atoms with E-state index in [1.54, 1.807) is 0 Å². The average Bonchev–Trinajstić information content (AvgIpc) is 2.82. The molecule has 0 bridgehead atoms. The topological polar surface area (TPSA) is 101 Å². The van der Waals surface area contributed by atoms with Crippen molar-refractivity contribution in [2.45, 2.75) is 18.5 Å². The van der Waals surface area contributed by atoms with Crippen LogP contribution in [0.1, 0.15) is 6.42 Å². The van der Waals surface area contributed by atoms with Crippen molar-refractivity contribution in [1.82, 2.24) is 14.9 Å². The summed E-state index contributed by atoms with van der Waals surface area (Å²) in [6.45, 7) is -0.230. The fourth-order valence-electron chi connectivity index (χ4n) is 1.85. The number of carbonyl (C=O) groups is 2. The van der Waals surface area contributed by atoms with E-state index in [9.17, 15) is 19.5 Å². The van der Waals surface area contributed by atoms with Gasteiger partial charge in [0.15, 0.2) is 0 Å². The van der Waals surface area contributed by atoms with Crippen molar-refractivity contribution < 1.29 is 14.7 Å². The third kappa shape index (κ3) is 2.95. The summed E-state index contributed by atoms with van der Waals surface area (Å²) >= 11 is 1.48. The van der Waals surface area contributed by atoms with E-state index in [0.717, 1.165) is 4.57 Å². The van der Waals surface area contributed by atoms with Crippen molar-refractivity contribution in [3.63, 3.8) is 0 Å². The van der Waals surface area contributed by atoms with Crippen molar-refractivity contribution in [2.24, 2.45) is 0 Å². The van der Waals surface area contributed by atoms with Crippen molar-refractivity contribution in [3.8, 4) is 0 Å². The zero-order chi connectivity index (χ0) is 13.9. The molecule has 0 spiro atoms. The van der Waals surface area contributed by atoms with Crippen LogP contribution in [0.15, 0.2) is 23.3 Å². The first-order chi connectivity index (χ1) is 9.03. The number of nitrogens with zero attached hydrogens (tertiary/aromatic N) is 2. The number of carboxylic acid groups (broad SMARTS) is 1. The number of hydrogen-bond acceptors (Lipinski definition) is 5. The van der Waals surface area contributed by atoms with E-state index >= 15 is 0 Å². The Balaban J connectivity index is 2.07. The number of carboxylic acids is 1. The molecule has 1 unspecified atom stereocenters. The molecule has 1 aliphatic heterocycles. The van der Waals surface area contributed by atoms with Crippen LogP contribution in [0.25, 0.3) is 0 Å². The highest BCUT2D eigenvalue weighted by Gasteiger charge is 2.43. The molecule has 1 fully saturated rings. The lowest BCUT2D eigenvalue weighted by molar-refractivity contribution is -0.146. The summed E-state index contributed by atoms with van der Waals surface area (Å²) in [5, 5.41) is 11.7. The monoisotopic (exact) mass is 283 g/mol. The quantitative estimate of drug-likeness (QED) is 0.759. The first kappa shape index (κ1) is 13.6. The van der Waals surface area contributed by atoms with Crippen LogP contribution in [0.5, 0.6) is 0 Å². The second kappa shape index (κ2) is 5.43. The normalized spacial score (nSPS) is 22.1. The summed E-state index contributed by atoms with van der Waals surface area (Å²) in [5.74, 6) is -0.500. The van der Waals surface area contributed by atoms with Crippen LogP contribution in [0, 0.1) is 0 Å². The second-order valence-electron chi connectivity index (χ2n) is 4.27. The highest BCUT2D eigenvalue weighted by molar-refractivity contribution is 7.99. The van der Waals surface area contributed by atoms with Crippen molar-refractivity contribution >= 4 is 23.6 Å². The molecule has 1 amide bonds. The zero-order valence-corrected chi connectivity index (χ0v) is 10.9. The molecular weight excluding hydrogens is 270 g/mol. The van der Waals surface area contributed by atoms with Crippen LogP contribution in [-0.2, 0) is 16.1 Å². The number of carbonyl (C=O) groups excluding carboxylic acids is 1. The van der Waals surface area contributed by atoms with Crippen LogP contribution in [0.4, 0.5) is 0 Å². The third-order valence-corrected chi connectivity index (χ3v) is 4.10. The number of amides is 1. The van der Waals surface area contributed by atoms with Crippen LogP contribution < -0.4 is 11.0 Å². The van der Waals surface area contributed by atoms with E-state index < -0.39 is 23.1 Å². The molecule has 102 valence electrons. The lowest BCUT2D eigenvalue weighted by Gasteiger charge is -2.24. The third-order valence-electron chi connectivity index (χ3n) is 2.91.